The minimum Gasteiger partial charge on any atom is -0.465 e. The normalized spacial score (nSPS) is 24.9. The number of hydrogen-bond acceptors (Lipinski definition) is 5. The fraction of sp³-hybridized carbons (Fsp3) is 0.500. The van der Waals surface area contributed by atoms with Crippen LogP contribution in [0.1, 0.15) is 25.3 Å². The maximum absolute atomic E-state index is 14.4. The summed E-state index contributed by atoms with van der Waals surface area (Å²) in [6.07, 6.45) is 1.75. The first-order valence-electron chi connectivity index (χ1n) is 9.04. The van der Waals surface area contributed by atoms with Crippen LogP contribution in [0.15, 0.2) is 24.3 Å². The number of carbonyl (C=O) groups excluding carboxylic acids is 1. The maximum Gasteiger partial charge on any atom is 0.364 e. The highest BCUT2D eigenvalue weighted by Gasteiger charge is 2.41. The van der Waals surface area contributed by atoms with Gasteiger partial charge in [-0.25, -0.2) is 9.18 Å². The molecule has 1 aromatic heterocycles. The fourth-order valence-electron chi connectivity index (χ4n) is 3.75. The SMILES string of the molecule is COC(=O)[C@@H]1C[C@@H](O)C[NH+]1Cn1nc(-c2ccccc2F)n(C2CC2)c1=S. The summed E-state index contributed by atoms with van der Waals surface area (Å²) in [5, 5.41) is 14.6. The number of benzene rings is 1. The van der Waals surface area contributed by atoms with Crippen LogP contribution in [0, 0.1) is 10.6 Å². The topological polar surface area (TPSA) is 73.7 Å². The van der Waals surface area contributed by atoms with E-state index in [0.29, 0.717) is 35.8 Å². The Hall–Kier alpha value is -2.10. The van der Waals surface area contributed by atoms with Gasteiger partial charge in [0.15, 0.2) is 18.5 Å². The van der Waals surface area contributed by atoms with Crippen molar-refractivity contribution >= 4 is 18.2 Å². The summed E-state index contributed by atoms with van der Waals surface area (Å²) in [4.78, 5) is 12.9. The third-order valence-electron chi connectivity index (χ3n) is 5.23. The van der Waals surface area contributed by atoms with Gasteiger partial charge in [-0.2, -0.15) is 4.68 Å². The number of quaternary nitrogens is 1. The van der Waals surface area contributed by atoms with Gasteiger partial charge in [-0.15, -0.1) is 5.10 Å². The molecule has 144 valence electrons. The Kier molecular flexibility index (Phi) is 4.83. The summed E-state index contributed by atoms with van der Waals surface area (Å²) in [6, 6.07) is 6.28. The second-order valence-corrected chi connectivity index (χ2v) is 7.54. The summed E-state index contributed by atoms with van der Waals surface area (Å²) in [7, 11) is 1.34. The van der Waals surface area contributed by atoms with Crippen molar-refractivity contribution in [2.45, 2.75) is 44.1 Å². The lowest BCUT2D eigenvalue weighted by Gasteiger charge is -2.18. The summed E-state index contributed by atoms with van der Waals surface area (Å²) in [6.45, 7) is 0.726. The van der Waals surface area contributed by atoms with Crippen molar-refractivity contribution in [1.82, 2.24) is 14.3 Å². The van der Waals surface area contributed by atoms with Crippen molar-refractivity contribution in [1.29, 1.82) is 0 Å². The predicted octanol–water partition coefficient (Wildman–Crippen LogP) is 0.704. The van der Waals surface area contributed by atoms with Crippen LogP contribution < -0.4 is 4.90 Å². The largest absolute Gasteiger partial charge is 0.465 e. The van der Waals surface area contributed by atoms with Crippen molar-refractivity contribution in [3.8, 4) is 11.4 Å². The standard InChI is InChI=1S/C18H21FN4O3S/c1-26-17(25)15-8-12(24)9-21(15)10-22-18(27)23(11-6-7-11)16(20-22)13-4-2-3-5-14(13)19/h2-5,11-12,15,24H,6-10H2,1H3/p+1/t12-,15+/m1/s1. The van der Waals surface area contributed by atoms with E-state index in [1.54, 1.807) is 22.9 Å². The molecule has 9 heteroatoms. The first-order chi connectivity index (χ1) is 13.0. The van der Waals surface area contributed by atoms with Crippen molar-refractivity contribution in [2.75, 3.05) is 13.7 Å². The average molecular weight is 393 g/mol. The number of rotatable bonds is 5. The Bertz CT molecular complexity index is 924. The number of ether oxygens (including phenoxy) is 1. The lowest BCUT2D eigenvalue weighted by Crippen LogP contribution is -3.14. The van der Waals surface area contributed by atoms with Gasteiger partial charge in [-0.1, -0.05) is 12.1 Å². The van der Waals surface area contributed by atoms with E-state index in [4.69, 9.17) is 17.0 Å². The van der Waals surface area contributed by atoms with E-state index >= 15 is 0 Å². The monoisotopic (exact) mass is 393 g/mol. The Morgan fingerprint density at radius 1 is 1.44 bits per heavy atom. The van der Waals surface area contributed by atoms with E-state index in [-0.39, 0.29) is 17.8 Å². The zero-order chi connectivity index (χ0) is 19.1. The number of aliphatic hydroxyl groups is 1. The van der Waals surface area contributed by atoms with Gasteiger partial charge < -0.3 is 14.7 Å². The number of nitrogens with zero attached hydrogens (tertiary/aromatic N) is 3. The van der Waals surface area contributed by atoms with Crippen molar-refractivity contribution in [3.63, 3.8) is 0 Å². The summed E-state index contributed by atoms with van der Waals surface area (Å²) in [5.74, 6) is -0.193. The highest BCUT2D eigenvalue weighted by Crippen LogP contribution is 2.38. The molecule has 7 nitrogen and oxygen atoms in total. The molecule has 1 saturated heterocycles. The highest BCUT2D eigenvalue weighted by atomic mass is 32.1. The molecule has 3 atom stereocenters. The number of methoxy groups -OCH3 is 1. The molecule has 4 rings (SSSR count). The third kappa shape index (κ3) is 3.42. The highest BCUT2D eigenvalue weighted by molar-refractivity contribution is 7.71. The number of aliphatic hydroxyl groups excluding tert-OH is 1. The number of hydrogen-bond donors (Lipinski definition) is 2. The number of likely N-dealkylation sites (tertiary alicyclic amines) is 1. The lowest BCUT2D eigenvalue weighted by molar-refractivity contribution is -0.928. The number of halogens is 1. The van der Waals surface area contributed by atoms with Crippen molar-refractivity contribution in [2.24, 2.45) is 0 Å². The number of aromatic nitrogens is 3. The van der Waals surface area contributed by atoms with E-state index < -0.39 is 12.1 Å². The molecule has 1 aliphatic carbocycles. The van der Waals surface area contributed by atoms with Gasteiger partial charge in [0.1, 0.15) is 18.5 Å². The van der Waals surface area contributed by atoms with E-state index in [1.807, 2.05) is 4.57 Å². The van der Waals surface area contributed by atoms with Gasteiger partial charge >= 0.3 is 5.97 Å². The van der Waals surface area contributed by atoms with Crippen LogP contribution in [-0.4, -0.2) is 51.2 Å². The summed E-state index contributed by atoms with van der Waals surface area (Å²) < 4.78 is 23.3. The van der Waals surface area contributed by atoms with Gasteiger partial charge in [0.05, 0.1) is 12.7 Å². The van der Waals surface area contributed by atoms with Crippen LogP contribution in [0.4, 0.5) is 4.39 Å². The quantitative estimate of drug-likeness (QED) is 0.578. The molecule has 2 aliphatic rings. The van der Waals surface area contributed by atoms with Crippen molar-refractivity contribution in [3.05, 3.63) is 34.9 Å². The van der Waals surface area contributed by atoms with E-state index in [0.717, 1.165) is 17.7 Å². The fourth-order valence-corrected chi connectivity index (χ4v) is 4.09. The average Bonchev–Trinajstić information content (AvgIpc) is 3.35. The molecule has 1 aromatic carbocycles. The van der Waals surface area contributed by atoms with Gasteiger partial charge in [0.25, 0.3) is 0 Å². The van der Waals surface area contributed by atoms with E-state index in [1.165, 1.54) is 13.2 Å². The van der Waals surface area contributed by atoms with Crippen LogP contribution in [0.25, 0.3) is 11.4 Å². The van der Waals surface area contributed by atoms with Gasteiger partial charge in [-0.05, 0) is 37.2 Å². The van der Waals surface area contributed by atoms with Gasteiger partial charge in [0.2, 0.25) is 4.77 Å². The number of esters is 1. The molecule has 2 heterocycles. The lowest BCUT2D eigenvalue weighted by atomic mass is 10.2. The van der Waals surface area contributed by atoms with Crippen LogP contribution in [-0.2, 0) is 16.2 Å². The molecule has 0 spiro atoms. The molecule has 2 N–H and O–H groups in total. The molecule has 1 aliphatic heterocycles. The van der Waals surface area contributed by atoms with Crippen molar-refractivity contribution < 1.29 is 23.9 Å². The van der Waals surface area contributed by atoms with Gasteiger partial charge in [-0.3, -0.25) is 4.57 Å². The number of nitrogens with one attached hydrogen (secondary N) is 1. The zero-order valence-corrected chi connectivity index (χ0v) is 15.8. The molecule has 0 bridgehead atoms. The Labute approximate surface area is 161 Å². The molecule has 2 aromatic rings. The molecule has 1 saturated carbocycles. The Morgan fingerprint density at radius 2 is 2.19 bits per heavy atom. The maximum atomic E-state index is 14.4. The van der Waals surface area contributed by atoms with E-state index in [2.05, 4.69) is 5.10 Å². The second-order valence-electron chi connectivity index (χ2n) is 7.17. The first-order valence-corrected chi connectivity index (χ1v) is 9.45. The molecule has 1 unspecified atom stereocenters. The van der Waals surface area contributed by atoms with E-state index in [9.17, 15) is 14.3 Å². The molecular weight excluding hydrogens is 371 g/mol. The van der Waals surface area contributed by atoms with Crippen LogP contribution in [0.2, 0.25) is 0 Å². The first kappa shape index (κ1) is 18.3. The molecule has 0 amide bonds. The van der Waals surface area contributed by atoms with Crippen LogP contribution in [0.5, 0.6) is 0 Å². The summed E-state index contributed by atoms with van der Waals surface area (Å²) >= 11 is 5.62. The minimum absolute atomic E-state index is 0.233. The molecule has 0 radical (unpaired) electrons. The molecule has 2 fully saturated rings. The molecular formula is C18H22FN4O3S+. The van der Waals surface area contributed by atoms with Crippen LogP contribution in [0.3, 0.4) is 0 Å². The Balaban J connectivity index is 1.70. The smallest absolute Gasteiger partial charge is 0.364 e. The van der Waals surface area contributed by atoms with Crippen LogP contribution >= 0.6 is 12.2 Å². The minimum atomic E-state index is -0.574. The summed E-state index contributed by atoms with van der Waals surface area (Å²) in [5.41, 5.74) is 0.412. The predicted molar refractivity (Wildman–Crippen MR) is 97.0 cm³/mol. The van der Waals surface area contributed by atoms with Gasteiger partial charge in [0, 0.05) is 12.5 Å². The molecule has 27 heavy (non-hydrogen) atoms. The zero-order valence-electron chi connectivity index (χ0n) is 15.0. The third-order valence-corrected chi connectivity index (χ3v) is 5.64. The Morgan fingerprint density at radius 3 is 2.85 bits per heavy atom. The number of carbonyl (C=O) groups is 1. The second kappa shape index (κ2) is 7.14.